The van der Waals surface area contributed by atoms with Gasteiger partial charge in [0.25, 0.3) is 0 Å². The van der Waals surface area contributed by atoms with E-state index in [1.807, 2.05) is 0 Å². The Morgan fingerprint density at radius 3 is 2.52 bits per heavy atom. The number of carbonyl (C=O) groups is 3. The summed E-state index contributed by atoms with van der Waals surface area (Å²) in [5.74, 6) is -1.90. The van der Waals surface area contributed by atoms with Gasteiger partial charge in [-0.2, -0.15) is 0 Å². The van der Waals surface area contributed by atoms with Crippen LogP contribution in [-0.4, -0.2) is 36.0 Å². The Morgan fingerprint density at radius 1 is 1.33 bits per heavy atom. The minimum absolute atomic E-state index is 0.0877. The monoisotopic (exact) mass is 310 g/mol. The molecule has 1 saturated heterocycles. The highest BCUT2D eigenvalue weighted by atomic mass is 35.5. The number of halogens is 1. The van der Waals surface area contributed by atoms with Crippen LogP contribution >= 0.6 is 11.6 Å². The molecule has 0 aromatic heterocycles. The van der Waals surface area contributed by atoms with Crippen LogP contribution < -0.4 is 10.2 Å². The Morgan fingerprint density at radius 2 is 2.00 bits per heavy atom. The summed E-state index contributed by atoms with van der Waals surface area (Å²) in [6, 6.07) is 6.40. The number of hydrogen-bond acceptors (Lipinski definition) is 3. The van der Waals surface area contributed by atoms with Gasteiger partial charge in [-0.1, -0.05) is 11.6 Å². The maximum Gasteiger partial charge on any atom is 0.323 e. The molecule has 1 aromatic carbocycles. The minimum Gasteiger partial charge on any atom is -0.480 e. The van der Waals surface area contributed by atoms with Crippen LogP contribution in [0.25, 0.3) is 0 Å². The van der Waals surface area contributed by atoms with Crippen LogP contribution in [0.15, 0.2) is 24.3 Å². The van der Waals surface area contributed by atoms with Gasteiger partial charge in [-0.05, 0) is 30.7 Å². The molecule has 0 aliphatic carbocycles. The van der Waals surface area contributed by atoms with Crippen LogP contribution in [0.4, 0.5) is 5.69 Å². The van der Waals surface area contributed by atoms with Gasteiger partial charge in [0.05, 0.1) is 5.92 Å². The zero-order valence-corrected chi connectivity index (χ0v) is 12.0. The van der Waals surface area contributed by atoms with Crippen molar-refractivity contribution in [2.24, 2.45) is 5.92 Å². The maximum absolute atomic E-state index is 12.5. The van der Waals surface area contributed by atoms with Crippen molar-refractivity contribution in [1.82, 2.24) is 5.32 Å². The second kappa shape index (κ2) is 6.58. The Labute approximate surface area is 126 Å². The first-order valence-electron chi connectivity index (χ1n) is 6.53. The molecule has 1 atom stereocenters. The third-order valence-corrected chi connectivity index (χ3v) is 3.56. The molecule has 0 spiro atoms. The van der Waals surface area contributed by atoms with Gasteiger partial charge in [-0.3, -0.25) is 14.4 Å². The summed E-state index contributed by atoms with van der Waals surface area (Å²) in [6.07, 6.45) is 0.701. The Kier molecular flexibility index (Phi) is 4.80. The predicted molar refractivity (Wildman–Crippen MR) is 77.2 cm³/mol. The largest absolute Gasteiger partial charge is 0.480 e. The molecule has 2 amide bonds. The standard InChI is InChI=1S/C14H15ClN2O4/c15-10-2-4-11(5-3-10)17(8-13(19)20)14(21)9-1-6-12(18)16-7-9/h2-5,9H,1,6-8H2,(H,16,18)(H,19,20). The summed E-state index contributed by atoms with van der Waals surface area (Å²) in [6.45, 7) is -0.188. The quantitative estimate of drug-likeness (QED) is 0.877. The van der Waals surface area contributed by atoms with E-state index >= 15 is 0 Å². The molecule has 1 aliphatic rings. The zero-order valence-electron chi connectivity index (χ0n) is 11.2. The number of carboxylic acids is 1. The van der Waals surface area contributed by atoms with E-state index in [1.165, 1.54) is 4.90 Å². The highest BCUT2D eigenvalue weighted by Crippen LogP contribution is 2.22. The molecule has 2 N–H and O–H groups in total. The van der Waals surface area contributed by atoms with E-state index in [4.69, 9.17) is 16.7 Å². The number of nitrogens with zero attached hydrogens (tertiary/aromatic N) is 1. The summed E-state index contributed by atoms with van der Waals surface area (Å²) in [5.41, 5.74) is 0.476. The van der Waals surface area contributed by atoms with E-state index in [9.17, 15) is 14.4 Å². The molecule has 112 valence electrons. The Hall–Kier alpha value is -2.08. The smallest absolute Gasteiger partial charge is 0.323 e. The average Bonchev–Trinajstić information content (AvgIpc) is 2.46. The summed E-state index contributed by atoms with van der Waals surface area (Å²) < 4.78 is 0. The molecule has 0 bridgehead atoms. The third kappa shape index (κ3) is 3.95. The average molecular weight is 311 g/mol. The number of carboxylic acid groups (broad SMARTS) is 1. The van der Waals surface area contributed by atoms with Crippen molar-refractivity contribution in [2.75, 3.05) is 18.0 Å². The molecular formula is C14H15ClN2O4. The molecule has 6 nitrogen and oxygen atoms in total. The fourth-order valence-electron chi connectivity index (χ4n) is 2.22. The van der Waals surface area contributed by atoms with Crippen LogP contribution in [0.5, 0.6) is 0 Å². The highest BCUT2D eigenvalue weighted by Gasteiger charge is 2.30. The van der Waals surface area contributed by atoms with Crippen molar-refractivity contribution in [3.63, 3.8) is 0 Å². The zero-order chi connectivity index (χ0) is 15.4. The molecule has 21 heavy (non-hydrogen) atoms. The molecule has 1 aromatic rings. The van der Waals surface area contributed by atoms with Gasteiger partial charge >= 0.3 is 5.97 Å². The second-order valence-electron chi connectivity index (χ2n) is 4.83. The normalized spacial score (nSPS) is 18.0. The Balaban J connectivity index is 2.18. The number of carbonyl (C=O) groups excluding carboxylic acids is 2. The van der Waals surface area contributed by atoms with Gasteiger partial charge in [0.1, 0.15) is 6.54 Å². The maximum atomic E-state index is 12.5. The fraction of sp³-hybridized carbons (Fsp3) is 0.357. The van der Waals surface area contributed by atoms with E-state index < -0.39 is 18.4 Å². The predicted octanol–water partition coefficient (Wildman–Crippen LogP) is 1.28. The molecule has 1 unspecified atom stereocenters. The molecule has 2 rings (SSSR count). The molecule has 1 fully saturated rings. The number of aliphatic carboxylic acids is 1. The van der Waals surface area contributed by atoms with Gasteiger partial charge in [0, 0.05) is 23.7 Å². The van der Waals surface area contributed by atoms with Crippen molar-refractivity contribution in [1.29, 1.82) is 0 Å². The van der Waals surface area contributed by atoms with Crippen molar-refractivity contribution < 1.29 is 19.5 Å². The number of amides is 2. The Bertz CT molecular complexity index is 549. The lowest BCUT2D eigenvalue weighted by Crippen LogP contribution is -2.46. The summed E-state index contributed by atoms with van der Waals surface area (Å²) >= 11 is 5.80. The van der Waals surface area contributed by atoms with Gasteiger partial charge < -0.3 is 15.3 Å². The van der Waals surface area contributed by atoms with Gasteiger partial charge in [0.2, 0.25) is 11.8 Å². The van der Waals surface area contributed by atoms with E-state index in [0.717, 1.165) is 0 Å². The molecule has 7 heteroatoms. The molecular weight excluding hydrogens is 296 g/mol. The number of piperidine rings is 1. The van der Waals surface area contributed by atoms with Crippen LogP contribution in [-0.2, 0) is 14.4 Å². The number of anilines is 1. The van der Waals surface area contributed by atoms with Crippen LogP contribution in [0.3, 0.4) is 0 Å². The van der Waals surface area contributed by atoms with Crippen molar-refractivity contribution >= 4 is 35.1 Å². The van der Waals surface area contributed by atoms with Crippen molar-refractivity contribution in [3.05, 3.63) is 29.3 Å². The van der Waals surface area contributed by atoms with Crippen LogP contribution in [0, 0.1) is 5.92 Å². The lowest BCUT2D eigenvalue weighted by Gasteiger charge is -2.28. The lowest BCUT2D eigenvalue weighted by atomic mass is 9.97. The fourth-order valence-corrected chi connectivity index (χ4v) is 2.34. The first-order valence-corrected chi connectivity index (χ1v) is 6.90. The van der Waals surface area contributed by atoms with Gasteiger partial charge in [0.15, 0.2) is 0 Å². The van der Waals surface area contributed by atoms with Crippen molar-refractivity contribution in [2.45, 2.75) is 12.8 Å². The topological polar surface area (TPSA) is 86.7 Å². The van der Waals surface area contributed by atoms with Crippen LogP contribution in [0.1, 0.15) is 12.8 Å². The lowest BCUT2D eigenvalue weighted by molar-refractivity contribution is -0.137. The molecule has 1 heterocycles. The number of rotatable bonds is 4. The van der Waals surface area contributed by atoms with E-state index in [2.05, 4.69) is 5.32 Å². The summed E-state index contributed by atoms with van der Waals surface area (Å²) in [5, 5.41) is 12.1. The van der Waals surface area contributed by atoms with E-state index in [-0.39, 0.29) is 24.8 Å². The molecule has 1 aliphatic heterocycles. The number of benzene rings is 1. The first-order chi connectivity index (χ1) is 9.97. The first kappa shape index (κ1) is 15.3. The summed E-state index contributed by atoms with van der Waals surface area (Å²) in [7, 11) is 0. The summed E-state index contributed by atoms with van der Waals surface area (Å²) in [4.78, 5) is 35.9. The molecule has 0 radical (unpaired) electrons. The highest BCUT2D eigenvalue weighted by molar-refractivity contribution is 6.30. The van der Waals surface area contributed by atoms with Gasteiger partial charge in [-0.25, -0.2) is 0 Å². The second-order valence-corrected chi connectivity index (χ2v) is 5.27. The van der Waals surface area contributed by atoms with Gasteiger partial charge in [-0.15, -0.1) is 0 Å². The minimum atomic E-state index is -1.10. The number of hydrogen-bond donors (Lipinski definition) is 2. The molecule has 0 saturated carbocycles. The van der Waals surface area contributed by atoms with Crippen LogP contribution in [0.2, 0.25) is 5.02 Å². The van der Waals surface area contributed by atoms with Crippen molar-refractivity contribution in [3.8, 4) is 0 Å². The third-order valence-electron chi connectivity index (χ3n) is 3.31. The van der Waals surface area contributed by atoms with E-state index in [1.54, 1.807) is 24.3 Å². The SMILES string of the molecule is O=C(O)CN(C(=O)C1CCC(=O)NC1)c1ccc(Cl)cc1. The van der Waals surface area contributed by atoms with E-state index in [0.29, 0.717) is 17.1 Å². The number of nitrogens with one attached hydrogen (secondary N) is 1.